The maximum atomic E-state index is 13.3. The molecule has 32 heavy (non-hydrogen) atoms. The Labute approximate surface area is 194 Å². The van der Waals surface area contributed by atoms with Crippen LogP contribution in [-0.2, 0) is 22.4 Å². The number of amides is 2. The molecule has 174 valence electrons. The third-order valence-electron chi connectivity index (χ3n) is 5.83. The molecule has 0 spiro atoms. The van der Waals surface area contributed by atoms with Gasteiger partial charge in [0.25, 0.3) is 0 Å². The molecule has 1 unspecified atom stereocenters. The molecule has 2 amide bonds. The van der Waals surface area contributed by atoms with Crippen LogP contribution in [0.1, 0.15) is 70.1 Å². The zero-order valence-electron chi connectivity index (χ0n) is 20.4. The normalized spacial score (nSPS) is 12.1. The van der Waals surface area contributed by atoms with Gasteiger partial charge in [0.05, 0.1) is 0 Å². The van der Waals surface area contributed by atoms with Crippen molar-refractivity contribution in [2.24, 2.45) is 5.92 Å². The van der Waals surface area contributed by atoms with E-state index in [9.17, 15) is 9.59 Å². The third kappa shape index (κ3) is 8.14. The number of nitrogens with zero attached hydrogens (tertiary/aromatic N) is 1. The lowest BCUT2D eigenvalue weighted by molar-refractivity contribution is -0.140. The lowest BCUT2D eigenvalue weighted by atomic mass is 10.00. The summed E-state index contributed by atoms with van der Waals surface area (Å²) in [5.74, 6) is 0.858. The number of aryl methyl sites for hydroxylation is 1. The van der Waals surface area contributed by atoms with Crippen molar-refractivity contribution in [1.82, 2.24) is 10.2 Å². The van der Waals surface area contributed by atoms with Gasteiger partial charge in [-0.3, -0.25) is 9.59 Å². The molecule has 2 aromatic carbocycles. The van der Waals surface area contributed by atoms with Crippen molar-refractivity contribution in [3.63, 3.8) is 0 Å². The first kappa shape index (κ1) is 25.6. The van der Waals surface area contributed by atoms with Crippen LogP contribution in [0.3, 0.4) is 0 Å². The van der Waals surface area contributed by atoms with E-state index in [0.29, 0.717) is 44.2 Å². The van der Waals surface area contributed by atoms with Crippen molar-refractivity contribution in [3.05, 3.63) is 71.3 Å². The summed E-state index contributed by atoms with van der Waals surface area (Å²) in [6, 6.07) is 18.2. The van der Waals surface area contributed by atoms with Gasteiger partial charge < -0.3 is 10.2 Å². The van der Waals surface area contributed by atoms with E-state index < -0.39 is 6.04 Å². The number of hydrogen-bond acceptors (Lipinski definition) is 2. The predicted molar refractivity (Wildman–Crippen MR) is 133 cm³/mol. The molecule has 4 heteroatoms. The summed E-state index contributed by atoms with van der Waals surface area (Å²) in [5, 5.41) is 3.02. The topological polar surface area (TPSA) is 49.4 Å². The molecule has 2 aromatic rings. The van der Waals surface area contributed by atoms with Crippen molar-refractivity contribution in [3.8, 4) is 0 Å². The molecule has 0 aromatic heterocycles. The molecule has 0 bridgehead atoms. The molecule has 2 rings (SSSR count). The Morgan fingerprint density at radius 3 is 2.06 bits per heavy atom. The predicted octanol–water partition coefficient (Wildman–Crippen LogP) is 5.36. The second kappa shape index (κ2) is 13.0. The summed E-state index contributed by atoms with van der Waals surface area (Å²) in [7, 11) is 0. The minimum Gasteiger partial charge on any atom is -0.354 e. The van der Waals surface area contributed by atoms with Gasteiger partial charge in [0.15, 0.2) is 0 Å². The van der Waals surface area contributed by atoms with Gasteiger partial charge in [-0.2, -0.15) is 0 Å². The van der Waals surface area contributed by atoms with E-state index in [1.807, 2.05) is 25.1 Å². The molecule has 0 aliphatic heterocycles. The second-order valence-electron chi connectivity index (χ2n) is 9.28. The molecule has 1 atom stereocenters. The van der Waals surface area contributed by atoms with E-state index in [0.717, 1.165) is 12.0 Å². The lowest BCUT2D eigenvalue weighted by Crippen LogP contribution is -2.50. The van der Waals surface area contributed by atoms with Crippen LogP contribution in [0.2, 0.25) is 0 Å². The van der Waals surface area contributed by atoms with Crippen LogP contribution in [0.4, 0.5) is 0 Å². The van der Waals surface area contributed by atoms with Crippen LogP contribution in [0.25, 0.3) is 0 Å². The first-order valence-corrected chi connectivity index (χ1v) is 12.0. The Kier molecular flexibility index (Phi) is 10.5. The van der Waals surface area contributed by atoms with Crippen LogP contribution in [0.15, 0.2) is 54.6 Å². The Bertz CT molecular complexity index is 828. The van der Waals surface area contributed by atoms with Crippen molar-refractivity contribution in [2.75, 3.05) is 13.1 Å². The smallest absolute Gasteiger partial charge is 0.242 e. The zero-order chi connectivity index (χ0) is 23.5. The Morgan fingerprint density at radius 2 is 1.50 bits per heavy atom. The monoisotopic (exact) mass is 436 g/mol. The molecule has 0 heterocycles. The highest BCUT2D eigenvalue weighted by atomic mass is 16.2. The largest absolute Gasteiger partial charge is 0.354 e. The fourth-order valence-corrected chi connectivity index (χ4v) is 3.78. The molecular weight excluding hydrogens is 396 g/mol. The highest BCUT2D eigenvalue weighted by Gasteiger charge is 2.28. The summed E-state index contributed by atoms with van der Waals surface area (Å²) in [5.41, 5.74) is 3.63. The van der Waals surface area contributed by atoms with E-state index in [-0.39, 0.29) is 11.8 Å². The summed E-state index contributed by atoms with van der Waals surface area (Å²) >= 11 is 0. The van der Waals surface area contributed by atoms with Crippen molar-refractivity contribution >= 4 is 11.8 Å². The average molecular weight is 437 g/mol. The van der Waals surface area contributed by atoms with Gasteiger partial charge in [-0.25, -0.2) is 0 Å². The SMILES string of the molecule is CCC(C(=O)NCC(C)C)N(CCc1ccccc1)C(=O)CCc1ccc(C(C)C)cc1. The van der Waals surface area contributed by atoms with Crippen LogP contribution >= 0.6 is 0 Å². The highest BCUT2D eigenvalue weighted by molar-refractivity contribution is 5.87. The van der Waals surface area contributed by atoms with Gasteiger partial charge in [-0.1, -0.05) is 89.2 Å². The van der Waals surface area contributed by atoms with Crippen molar-refractivity contribution < 1.29 is 9.59 Å². The van der Waals surface area contributed by atoms with Gasteiger partial charge in [0.2, 0.25) is 11.8 Å². The van der Waals surface area contributed by atoms with Gasteiger partial charge in [0, 0.05) is 19.5 Å². The van der Waals surface area contributed by atoms with Gasteiger partial charge in [0.1, 0.15) is 6.04 Å². The Morgan fingerprint density at radius 1 is 0.875 bits per heavy atom. The van der Waals surface area contributed by atoms with Gasteiger partial charge in [-0.05, 0) is 47.8 Å². The number of carbonyl (C=O) groups excluding carboxylic acids is 2. The number of nitrogens with one attached hydrogen (secondary N) is 1. The van der Waals surface area contributed by atoms with Crippen LogP contribution < -0.4 is 5.32 Å². The average Bonchev–Trinajstić information content (AvgIpc) is 2.79. The van der Waals surface area contributed by atoms with Crippen LogP contribution in [0, 0.1) is 5.92 Å². The molecule has 1 N–H and O–H groups in total. The molecule has 0 aliphatic carbocycles. The van der Waals surface area contributed by atoms with Crippen LogP contribution in [-0.4, -0.2) is 35.8 Å². The fourth-order valence-electron chi connectivity index (χ4n) is 3.78. The molecule has 4 nitrogen and oxygen atoms in total. The number of hydrogen-bond donors (Lipinski definition) is 1. The summed E-state index contributed by atoms with van der Waals surface area (Å²) in [4.78, 5) is 28.0. The standard InChI is InChI=1S/C28H40N2O2/c1-6-26(28(32)29-20-21(2)3)30(19-18-23-10-8-7-9-11-23)27(31)17-14-24-12-15-25(16-13-24)22(4)5/h7-13,15-16,21-22,26H,6,14,17-20H2,1-5H3,(H,29,32). The maximum Gasteiger partial charge on any atom is 0.242 e. The molecular formula is C28H40N2O2. The van der Waals surface area contributed by atoms with E-state index in [2.05, 4.69) is 69.4 Å². The number of rotatable bonds is 12. The van der Waals surface area contributed by atoms with E-state index in [4.69, 9.17) is 0 Å². The van der Waals surface area contributed by atoms with Gasteiger partial charge >= 0.3 is 0 Å². The quantitative estimate of drug-likeness (QED) is 0.487. The minimum absolute atomic E-state index is 0.0421. The highest BCUT2D eigenvalue weighted by Crippen LogP contribution is 2.17. The van der Waals surface area contributed by atoms with Crippen molar-refractivity contribution in [2.45, 2.75) is 72.3 Å². The Hall–Kier alpha value is -2.62. The molecule has 0 radical (unpaired) electrons. The lowest BCUT2D eigenvalue weighted by Gasteiger charge is -2.31. The molecule has 0 aliphatic rings. The molecule has 0 saturated carbocycles. The Balaban J connectivity index is 2.09. The first-order valence-electron chi connectivity index (χ1n) is 12.0. The van der Waals surface area contributed by atoms with Gasteiger partial charge in [-0.15, -0.1) is 0 Å². The number of benzene rings is 2. The fraction of sp³-hybridized carbons (Fsp3) is 0.500. The molecule has 0 saturated heterocycles. The molecule has 0 fully saturated rings. The second-order valence-corrected chi connectivity index (χ2v) is 9.28. The van der Waals surface area contributed by atoms with Crippen LogP contribution in [0.5, 0.6) is 0 Å². The van der Waals surface area contributed by atoms with Crippen molar-refractivity contribution in [1.29, 1.82) is 0 Å². The third-order valence-corrected chi connectivity index (χ3v) is 5.83. The summed E-state index contributed by atoms with van der Waals surface area (Å²) in [6.07, 6.45) is 2.43. The van der Waals surface area contributed by atoms with E-state index in [1.165, 1.54) is 11.1 Å². The zero-order valence-corrected chi connectivity index (χ0v) is 20.4. The van der Waals surface area contributed by atoms with E-state index >= 15 is 0 Å². The minimum atomic E-state index is -0.437. The first-order chi connectivity index (χ1) is 15.3. The number of carbonyl (C=O) groups is 2. The maximum absolute atomic E-state index is 13.3. The summed E-state index contributed by atoms with van der Waals surface area (Å²) < 4.78 is 0. The summed E-state index contributed by atoms with van der Waals surface area (Å²) in [6.45, 7) is 11.7. The van der Waals surface area contributed by atoms with E-state index in [1.54, 1.807) is 4.90 Å².